The lowest BCUT2D eigenvalue weighted by atomic mass is 10.2. The van der Waals surface area contributed by atoms with E-state index in [2.05, 4.69) is 37.1 Å². The van der Waals surface area contributed by atoms with Gasteiger partial charge in [-0.05, 0) is 41.8 Å². The lowest BCUT2D eigenvalue weighted by Crippen LogP contribution is -1.80. The van der Waals surface area contributed by atoms with Crippen LogP contribution in [0.5, 0.6) is 0 Å². The summed E-state index contributed by atoms with van der Waals surface area (Å²) in [4.78, 5) is 18.0. The summed E-state index contributed by atoms with van der Waals surface area (Å²) in [6, 6.07) is 7.97. The lowest BCUT2D eigenvalue weighted by molar-refractivity contribution is 1.21. The second-order valence-electron chi connectivity index (χ2n) is 6.08. The number of allylic oxidation sites excluding steroid dienone is 1. The number of pyridine rings is 3. The van der Waals surface area contributed by atoms with Gasteiger partial charge in [-0.1, -0.05) is 12.2 Å². The van der Waals surface area contributed by atoms with Crippen molar-refractivity contribution in [2.75, 3.05) is 0 Å². The zero-order valence-corrected chi connectivity index (χ0v) is 14.7. The fraction of sp³-hybridized carbons (Fsp3) is 0.0455. The summed E-state index contributed by atoms with van der Waals surface area (Å²) in [5.41, 5.74) is 3.81. The van der Waals surface area contributed by atoms with Crippen molar-refractivity contribution >= 4 is 27.8 Å². The van der Waals surface area contributed by atoms with E-state index in [1.165, 1.54) is 16.5 Å². The Balaban J connectivity index is 0.0000001000. The Bertz CT molecular complexity index is 1040. The number of hydrogen-bond donors (Lipinski definition) is 2. The predicted octanol–water partition coefficient (Wildman–Crippen LogP) is 4.78. The van der Waals surface area contributed by atoms with Crippen molar-refractivity contribution in [2.24, 2.45) is 0 Å². The third kappa shape index (κ3) is 4.10. The summed E-state index contributed by atoms with van der Waals surface area (Å²) in [7, 11) is 0. The Morgan fingerprint density at radius 3 is 2.37 bits per heavy atom. The van der Waals surface area contributed by atoms with Crippen molar-refractivity contribution in [3.8, 4) is 0 Å². The van der Waals surface area contributed by atoms with E-state index in [1.807, 2.05) is 67.6 Å². The first-order chi connectivity index (χ1) is 13.4. The summed E-state index contributed by atoms with van der Waals surface area (Å²) >= 11 is 0. The normalized spacial score (nSPS) is 11.4. The first-order valence-corrected chi connectivity index (χ1v) is 8.73. The predicted molar refractivity (Wildman–Crippen MR) is 109 cm³/mol. The van der Waals surface area contributed by atoms with E-state index in [0.29, 0.717) is 0 Å². The molecule has 6 rings (SSSR count). The number of fused-ring (bicyclic) bond motifs is 3. The molecule has 0 saturated carbocycles. The Morgan fingerprint density at radius 1 is 0.741 bits per heavy atom. The Kier molecular flexibility index (Phi) is 5.02. The maximum atomic E-state index is 4.02. The van der Waals surface area contributed by atoms with E-state index in [0.717, 1.165) is 22.7 Å². The van der Waals surface area contributed by atoms with Crippen LogP contribution in [-0.2, 0) is 6.42 Å². The molecule has 0 atom stereocenters. The number of aromatic amines is 2. The van der Waals surface area contributed by atoms with Crippen molar-refractivity contribution in [3.63, 3.8) is 0 Å². The Morgan fingerprint density at radius 2 is 1.52 bits per heavy atom. The lowest BCUT2D eigenvalue weighted by Gasteiger charge is -1.92. The SMILES string of the molecule is C1=Cc2ccncc2C1.c1cc2[nH]ccc2cn1.c1cc2c[nH]cc2cn1. The van der Waals surface area contributed by atoms with Gasteiger partial charge in [0.05, 0.1) is 0 Å². The van der Waals surface area contributed by atoms with Gasteiger partial charge in [0.15, 0.2) is 0 Å². The zero-order valence-electron chi connectivity index (χ0n) is 14.7. The monoisotopic (exact) mass is 353 g/mol. The molecular formula is C22H19N5. The van der Waals surface area contributed by atoms with Gasteiger partial charge in [-0.3, -0.25) is 15.0 Å². The van der Waals surface area contributed by atoms with Gasteiger partial charge in [0.2, 0.25) is 0 Å². The number of hydrogen-bond acceptors (Lipinski definition) is 3. The van der Waals surface area contributed by atoms with Crippen LogP contribution in [0.25, 0.3) is 27.8 Å². The molecule has 0 spiro atoms. The molecule has 5 nitrogen and oxygen atoms in total. The molecule has 1 aliphatic rings. The van der Waals surface area contributed by atoms with Gasteiger partial charge in [-0.2, -0.15) is 0 Å². The highest BCUT2D eigenvalue weighted by Gasteiger charge is 2.01. The average molecular weight is 353 g/mol. The smallest absolute Gasteiger partial charge is 0.0484 e. The second kappa shape index (κ2) is 8.10. The summed E-state index contributed by atoms with van der Waals surface area (Å²) in [5, 5.41) is 3.54. The molecule has 0 unspecified atom stereocenters. The van der Waals surface area contributed by atoms with Crippen LogP contribution in [0.15, 0.2) is 86.1 Å². The van der Waals surface area contributed by atoms with Gasteiger partial charge in [0.25, 0.3) is 0 Å². The Hall–Kier alpha value is -3.73. The minimum absolute atomic E-state index is 1.06. The Labute approximate surface area is 156 Å². The largest absolute Gasteiger partial charge is 0.366 e. The highest BCUT2D eigenvalue weighted by atomic mass is 14.7. The van der Waals surface area contributed by atoms with Crippen LogP contribution < -0.4 is 0 Å². The maximum Gasteiger partial charge on any atom is 0.0484 e. The topological polar surface area (TPSA) is 70.2 Å². The van der Waals surface area contributed by atoms with Crippen LogP contribution in [0.2, 0.25) is 0 Å². The van der Waals surface area contributed by atoms with E-state index >= 15 is 0 Å². The molecule has 5 heterocycles. The second-order valence-corrected chi connectivity index (χ2v) is 6.08. The van der Waals surface area contributed by atoms with Gasteiger partial charge in [0.1, 0.15) is 0 Å². The number of aromatic nitrogens is 5. The van der Waals surface area contributed by atoms with Crippen molar-refractivity contribution in [3.05, 3.63) is 97.2 Å². The van der Waals surface area contributed by atoms with Gasteiger partial charge in [-0.15, -0.1) is 0 Å². The quantitative estimate of drug-likeness (QED) is 0.421. The van der Waals surface area contributed by atoms with Crippen LogP contribution in [0, 0.1) is 0 Å². The van der Waals surface area contributed by atoms with Crippen molar-refractivity contribution in [1.29, 1.82) is 0 Å². The molecule has 0 saturated heterocycles. The standard InChI is InChI=1S/C8H7N.2C7H6N2/c1-2-7-4-5-9-6-8(7)3-1;1-4-9-7-2-3-8-5-6(1)7;1-2-8-4-7-5-9-3-6(1)7/h1-2,4-6H,3H2;2*1-5,9H. The van der Waals surface area contributed by atoms with Crippen LogP contribution in [0.1, 0.15) is 11.1 Å². The maximum absolute atomic E-state index is 4.02. The minimum atomic E-state index is 1.06. The van der Waals surface area contributed by atoms with E-state index in [1.54, 1.807) is 12.4 Å². The average Bonchev–Trinajstić information content (AvgIpc) is 3.48. The van der Waals surface area contributed by atoms with Crippen LogP contribution in [-0.4, -0.2) is 24.9 Å². The summed E-state index contributed by atoms with van der Waals surface area (Å²) in [6.45, 7) is 0. The first-order valence-electron chi connectivity index (χ1n) is 8.73. The first kappa shape index (κ1) is 16.7. The fourth-order valence-corrected chi connectivity index (χ4v) is 2.87. The van der Waals surface area contributed by atoms with Crippen molar-refractivity contribution < 1.29 is 0 Å². The molecule has 27 heavy (non-hydrogen) atoms. The molecular weight excluding hydrogens is 334 g/mol. The summed E-state index contributed by atoms with van der Waals surface area (Å²) in [5.74, 6) is 0. The van der Waals surface area contributed by atoms with E-state index < -0.39 is 0 Å². The molecule has 1 aliphatic carbocycles. The van der Waals surface area contributed by atoms with Crippen LogP contribution in [0.3, 0.4) is 0 Å². The molecule has 132 valence electrons. The molecule has 5 aromatic rings. The van der Waals surface area contributed by atoms with Gasteiger partial charge in [0, 0.05) is 77.4 Å². The van der Waals surface area contributed by atoms with Crippen molar-refractivity contribution in [2.45, 2.75) is 6.42 Å². The molecule has 2 N–H and O–H groups in total. The molecule has 5 aromatic heterocycles. The third-order valence-electron chi connectivity index (χ3n) is 4.29. The van der Waals surface area contributed by atoms with Gasteiger partial charge >= 0.3 is 0 Å². The molecule has 0 fully saturated rings. The van der Waals surface area contributed by atoms with Crippen LogP contribution >= 0.6 is 0 Å². The van der Waals surface area contributed by atoms with E-state index in [9.17, 15) is 0 Å². The number of rotatable bonds is 0. The molecule has 0 bridgehead atoms. The fourth-order valence-electron chi connectivity index (χ4n) is 2.87. The number of H-pyrrole nitrogens is 2. The third-order valence-corrected chi connectivity index (χ3v) is 4.29. The van der Waals surface area contributed by atoms with E-state index in [-0.39, 0.29) is 0 Å². The molecule has 5 heteroatoms. The molecule has 0 radical (unpaired) electrons. The van der Waals surface area contributed by atoms with Gasteiger partial charge in [-0.25, -0.2) is 0 Å². The molecule has 0 amide bonds. The summed E-state index contributed by atoms with van der Waals surface area (Å²) < 4.78 is 0. The van der Waals surface area contributed by atoms with Crippen molar-refractivity contribution in [1.82, 2.24) is 24.9 Å². The van der Waals surface area contributed by atoms with Crippen LogP contribution in [0.4, 0.5) is 0 Å². The highest BCUT2D eigenvalue weighted by molar-refractivity contribution is 5.80. The summed E-state index contributed by atoms with van der Waals surface area (Å²) in [6.07, 6.45) is 22.1. The zero-order chi connectivity index (χ0) is 18.3. The molecule has 0 aromatic carbocycles. The van der Waals surface area contributed by atoms with E-state index in [4.69, 9.17) is 0 Å². The highest BCUT2D eigenvalue weighted by Crippen LogP contribution is 2.16. The minimum Gasteiger partial charge on any atom is -0.366 e. The number of nitrogens with one attached hydrogen (secondary N) is 2. The molecule has 0 aliphatic heterocycles. The van der Waals surface area contributed by atoms with Gasteiger partial charge < -0.3 is 9.97 Å². The number of nitrogens with zero attached hydrogens (tertiary/aromatic N) is 3.